The highest BCUT2D eigenvalue weighted by atomic mass is 79.9. The Morgan fingerprint density at radius 2 is 1.96 bits per heavy atom. The number of benzene rings is 2. The lowest BCUT2D eigenvalue weighted by molar-refractivity contribution is 0.0951. The smallest absolute Gasteiger partial charge is 0.275 e. The molecule has 0 heterocycles. The lowest BCUT2D eigenvalue weighted by Gasteiger charge is -2.09. The third-order valence-corrected chi connectivity index (χ3v) is 3.60. The zero-order chi connectivity index (χ0) is 16.7. The molecule has 0 fully saturated rings. The van der Waals surface area contributed by atoms with E-state index >= 15 is 0 Å². The first kappa shape index (κ1) is 17.0. The average molecular weight is 373 g/mol. The molecule has 0 aromatic heterocycles. The molecule has 4 nitrogen and oxygen atoms in total. The van der Waals surface area contributed by atoms with E-state index in [0.29, 0.717) is 17.9 Å². The fraction of sp³-hybridized carbons (Fsp3) is 0.111. The lowest BCUT2D eigenvalue weighted by Crippen LogP contribution is -2.20. The highest BCUT2D eigenvalue weighted by molar-refractivity contribution is 9.10. The van der Waals surface area contributed by atoms with E-state index in [1.54, 1.807) is 24.3 Å². The SMILES string of the molecule is C=CCOc1ccccc1C(=O)NN=C(C)c1ccc(Br)cc1. The number of amides is 1. The Balaban J connectivity index is 2.11. The third-order valence-electron chi connectivity index (χ3n) is 3.08. The first-order chi connectivity index (χ1) is 11.1. The first-order valence-corrected chi connectivity index (χ1v) is 7.84. The predicted molar refractivity (Wildman–Crippen MR) is 96.0 cm³/mol. The molecule has 5 heteroatoms. The molecule has 2 rings (SSSR count). The third kappa shape index (κ3) is 4.79. The number of carbonyl (C=O) groups excluding carboxylic acids is 1. The van der Waals surface area contributed by atoms with E-state index in [9.17, 15) is 4.79 Å². The molecule has 2 aromatic carbocycles. The van der Waals surface area contributed by atoms with Gasteiger partial charge in [-0.2, -0.15) is 5.10 Å². The number of rotatable bonds is 6. The summed E-state index contributed by atoms with van der Waals surface area (Å²) in [5.41, 5.74) is 4.65. The van der Waals surface area contributed by atoms with Gasteiger partial charge in [-0.3, -0.25) is 4.79 Å². The molecule has 2 aromatic rings. The molecule has 0 bridgehead atoms. The van der Waals surface area contributed by atoms with Gasteiger partial charge >= 0.3 is 0 Å². The van der Waals surface area contributed by atoms with Gasteiger partial charge in [-0.15, -0.1) is 0 Å². The minimum atomic E-state index is -0.318. The number of hydrogen-bond acceptors (Lipinski definition) is 3. The van der Waals surface area contributed by atoms with Gasteiger partial charge < -0.3 is 4.74 Å². The van der Waals surface area contributed by atoms with E-state index in [-0.39, 0.29) is 5.91 Å². The van der Waals surface area contributed by atoms with Crippen LogP contribution in [0.1, 0.15) is 22.8 Å². The summed E-state index contributed by atoms with van der Waals surface area (Å²) in [6, 6.07) is 14.7. The Hall–Kier alpha value is -2.40. The Bertz CT molecular complexity index is 724. The topological polar surface area (TPSA) is 50.7 Å². The Kier molecular flexibility index (Phi) is 6.11. The monoisotopic (exact) mass is 372 g/mol. The molecule has 0 saturated carbocycles. The number of nitrogens with one attached hydrogen (secondary N) is 1. The molecule has 118 valence electrons. The van der Waals surface area contributed by atoms with Crippen LogP contribution in [0.5, 0.6) is 5.75 Å². The van der Waals surface area contributed by atoms with E-state index in [1.807, 2.05) is 37.3 Å². The van der Waals surface area contributed by atoms with Crippen LogP contribution in [-0.2, 0) is 0 Å². The summed E-state index contributed by atoms with van der Waals surface area (Å²) in [6.45, 7) is 5.77. The zero-order valence-corrected chi connectivity index (χ0v) is 14.3. The van der Waals surface area contributed by atoms with Crippen molar-refractivity contribution in [2.45, 2.75) is 6.92 Å². The second kappa shape index (κ2) is 8.29. The summed E-state index contributed by atoms with van der Waals surface area (Å²) in [5, 5.41) is 4.15. The van der Waals surface area contributed by atoms with E-state index in [4.69, 9.17) is 4.74 Å². The molecule has 0 saturated heterocycles. The fourth-order valence-corrected chi connectivity index (χ4v) is 2.14. The molecule has 0 spiro atoms. The fourth-order valence-electron chi connectivity index (χ4n) is 1.88. The van der Waals surface area contributed by atoms with Gasteiger partial charge in [-0.1, -0.05) is 52.9 Å². The van der Waals surface area contributed by atoms with Gasteiger partial charge in [0.1, 0.15) is 12.4 Å². The molecular formula is C18H17BrN2O2. The molecule has 0 aliphatic rings. The van der Waals surface area contributed by atoms with E-state index in [2.05, 4.69) is 33.0 Å². The first-order valence-electron chi connectivity index (χ1n) is 7.05. The van der Waals surface area contributed by atoms with Crippen molar-refractivity contribution in [3.8, 4) is 5.75 Å². The number of ether oxygens (including phenoxy) is 1. The zero-order valence-electron chi connectivity index (χ0n) is 12.8. The molecule has 1 amide bonds. The second-order valence-corrected chi connectivity index (χ2v) is 5.66. The normalized spacial score (nSPS) is 11.0. The highest BCUT2D eigenvalue weighted by Crippen LogP contribution is 2.18. The van der Waals surface area contributed by atoms with Gasteiger partial charge in [-0.05, 0) is 36.8 Å². The van der Waals surface area contributed by atoms with Crippen molar-refractivity contribution >= 4 is 27.5 Å². The minimum absolute atomic E-state index is 0.318. The summed E-state index contributed by atoms with van der Waals surface area (Å²) >= 11 is 3.39. The maximum absolute atomic E-state index is 12.3. The predicted octanol–water partition coefficient (Wildman–Crippen LogP) is 4.17. The Morgan fingerprint density at radius 1 is 1.26 bits per heavy atom. The second-order valence-electron chi connectivity index (χ2n) is 4.74. The van der Waals surface area contributed by atoms with Gasteiger partial charge in [0, 0.05) is 4.47 Å². The molecule has 0 radical (unpaired) electrons. The van der Waals surface area contributed by atoms with Gasteiger partial charge in [0.2, 0.25) is 0 Å². The van der Waals surface area contributed by atoms with Crippen LogP contribution in [0, 0.1) is 0 Å². The van der Waals surface area contributed by atoms with Gasteiger partial charge in [0.15, 0.2) is 0 Å². The largest absolute Gasteiger partial charge is 0.489 e. The molecule has 0 aliphatic carbocycles. The van der Waals surface area contributed by atoms with Crippen molar-refractivity contribution in [1.82, 2.24) is 5.43 Å². The molecule has 1 N–H and O–H groups in total. The number of hydrogen-bond donors (Lipinski definition) is 1. The van der Waals surface area contributed by atoms with E-state index in [0.717, 1.165) is 15.7 Å². The van der Waals surface area contributed by atoms with Crippen LogP contribution < -0.4 is 10.2 Å². The molecule has 23 heavy (non-hydrogen) atoms. The average Bonchev–Trinajstić information content (AvgIpc) is 2.58. The van der Waals surface area contributed by atoms with Gasteiger partial charge in [0.05, 0.1) is 11.3 Å². The summed E-state index contributed by atoms with van der Waals surface area (Å²) in [5.74, 6) is 0.183. The summed E-state index contributed by atoms with van der Waals surface area (Å²) < 4.78 is 6.47. The standard InChI is InChI=1S/C18H17BrN2O2/c1-3-12-23-17-7-5-4-6-16(17)18(22)21-20-13(2)14-8-10-15(19)11-9-14/h3-11H,1,12H2,2H3,(H,21,22). The molecule has 0 atom stereocenters. The van der Waals surface area contributed by atoms with Crippen LogP contribution in [0.25, 0.3) is 0 Å². The van der Waals surface area contributed by atoms with E-state index < -0.39 is 0 Å². The number of carbonyl (C=O) groups is 1. The lowest BCUT2D eigenvalue weighted by atomic mass is 10.1. The number of para-hydroxylation sites is 1. The maximum Gasteiger partial charge on any atom is 0.275 e. The number of nitrogens with zero attached hydrogens (tertiary/aromatic N) is 1. The van der Waals surface area contributed by atoms with Crippen molar-refractivity contribution in [3.63, 3.8) is 0 Å². The van der Waals surface area contributed by atoms with Crippen molar-refractivity contribution < 1.29 is 9.53 Å². The molecular weight excluding hydrogens is 356 g/mol. The summed E-state index contributed by atoms with van der Waals surface area (Å²) in [6.07, 6.45) is 1.63. The van der Waals surface area contributed by atoms with Crippen LogP contribution in [-0.4, -0.2) is 18.2 Å². The number of halogens is 1. The van der Waals surface area contributed by atoms with Crippen molar-refractivity contribution in [2.24, 2.45) is 5.10 Å². The Labute approximate surface area is 144 Å². The summed E-state index contributed by atoms with van der Waals surface area (Å²) in [4.78, 5) is 12.3. The van der Waals surface area contributed by atoms with Crippen LogP contribution in [0.4, 0.5) is 0 Å². The van der Waals surface area contributed by atoms with Gasteiger partial charge in [-0.25, -0.2) is 5.43 Å². The van der Waals surface area contributed by atoms with Gasteiger partial charge in [0.25, 0.3) is 5.91 Å². The van der Waals surface area contributed by atoms with Crippen molar-refractivity contribution in [1.29, 1.82) is 0 Å². The Morgan fingerprint density at radius 3 is 2.65 bits per heavy atom. The van der Waals surface area contributed by atoms with Crippen molar-refractivity contribution in [2.75, 3.05) is 6.61 Å². The van der Waals surface area contributed by atoms with Crippen LogP contribution in [0.3, 0.4) is 0 Å². The van der Waals surface area contributed by atoms with Crippen LogP contribution in [0.15, 0.2) is 70.8 Å². The molecule has 0 aliphatic heterocycles. The maximum atomic E-state index is 12.3. The van der Waals surface area contributed by atoms with Crippen LogP contribution in [0.2, 0.25) is 0 Å². The minimum Gasteiger partial charge on any atom is -0.489 e. The van der Waals surface area contributed by atoms with E-state index in [1.165, 1.54) is 0 Å². The van der Waals surface area contributed by atoms with Crippen LogP contribution >= 0.6 is 15.9 Å². The highest BCUT2D eigenvalue weighted by Gasteiger charge is 2.11. The van der Waals surface area contributed by atoms with Crippen molar-refractivity contribution in [3.05, 3.63) is 76.8 Å². The molecule has 0 unspecified atom stereocenters. The quantitative estimate of drug-likeness (QED) is 0.470. The summed E-state index contributed by atoms with van der Waals surface area (Å²) in [7, 11) is 0. The number of hydrazone groups is 1.